The molecular weight excluding hydrogens is 172 g/mol. The van der Waals surface area contributed by atoms with Crippen molar-refractivity contribution >= 4 is 0 Å². The van der Waals surface area contributed by atoms with Crippen molar-refractivity contribution in [3.63, 3.8) is 0 Å². The fourth-order valence-corrected chi connectivity index (χ4v) is 1.01. The molecule has 1 heterocycles. The van der Waals surface area contributed by atoms with E-state index in [4.69, 9.17) is 14.2 Å². The van der Waals surface area contributed by atoms with E-state index in [1.54, 1.807) is 0 Å². The standard InChI is InChI=1S/C9H12O4/c1-6-4-7(10)5-8(13-6)9(11-2)12-3/h4-5,9-10H,1H2,2-3H3. The van der Waals surface area contributed by atoms with Gasteiger partial charge in [-0.1, -0.05) is 6.58 Å². The lowest BCUT2D eigenvalue weighted by atomic mass is 10.3. The average molecular weight is 184 g/mol. The lowest BCUT2D eigenvalue weighted by molar-refractivity contribution is -0.0995. The molecule has 1 aliphatic heterocycles. The number of ether oxygens (including phenoxy) is 3. The van der Waals surface area contributed by atoms with Gasteiger partial charge in [0.2, 0.25) is 6.29 Å². The number of allylic oxidation sites excluding steroid dienone is 2. The molecule has 0 bridgehead atoms. The van der Waals surface area contributed by atoms with Gasteiger partial charge in [-0.3, -0.25) is 0 Å². The number of methoxy groups -OCH3 is 2. The minimum absolute atomic E-state index is 0.0744. The minimum Gasteiger partial charge on any atom is -0.508 e. The van der Waals surface area contributed by atoms with E-state index in [2.05, 4.69) is 6.58 Å². The summed E-state index contributed by atoms with van der Waals surface area (Å²) in [4.78, 5) is 0. The summed E-state index contributed by atoms with van der Waals surface area (Å²) in [6.45, 7) is 3.56. The van der Waals surface area contributed by atoms with Gasteiger partial charge in [-0.2, -0.15) is 0 Å². The Balaban J connectivity index is 2.80. The molecule has 0 aromatic heterocycles. The molecule has 0 spiro atoms. The molecule has 0 aromatic carbocycles. The minimum atomic E-state index is -0.618. The first-order valence-electron chi connectivity index (χ1n) is 3.72. The molecule has 0 atom stereocenters. The first-order valence-corrected chi connectivity index (χ1v) is 3.72. The molecule has 0 fully saturated rings. The largest absolute Gasteiger partial charge is 0.508 e. The topological polar surface area (TPSA) is 47.9 Å². The van der Waals surface area contributed by atoms with Gasteiger partial charge in [0.25, 0.3) is 0 Å². The van der Waals surface area contributed by atoms with Gasteiger partial charge in [0.05, 0.1) is 0 Å². The number of hydrogen-bond donors (Lipinski definition) is 1. The Labute approximate surface area is 76.7 Å². The molecule has 1 N–H and O–H groups in total. The third-order valence-corrected chi connectivity index (χ3v) is 1.51. The fourth-order valence-electron chi connectivity index (χ4n) is 1.01. The molecule has 0 saturated carbocycles. The average Bonchev–Trinajstić information content (AvgIpc) is 2.04. The van der Waals surface area contributed by atoms with Crippen LogP contribution in [0.15, 0.2) is 36.0 Å². The molecule has 0 unspecified atom stereocenters. The van der Waals surface area contributed by atoms with E-state index in [0.717, 1.165) is 0 Å². The summed E-state index contributed by atoms with van der Waals surface area (Å²) >= 11 is 0. The van der Waals surface area contributed by atoms with Crippen LogP contribution < -0.4 is 0 Å². The van der Waals surface area contributed by atoms with Crippen molar-refractivity contribution in [2.24, 2.45) is 0 Å². The summed E-state index contributed by atoms with van der Waals surface area (Å²) in [5, 5.41) is 9.22. The molecule has 4 heteroatoms. The zero-order valence-corrected chi connectivity index (χ0v) is 7.61. The highest BCUT2D eigenvalue weighted by atomic mass is 16.7. The number of aliphatic hydroxyl groups excluding tert-OH is 1. The van der Waals surface area contributed by atoms with Gasteiger partial charge in [0.1, 0.15) is 11.5 Å². The SMILES string of the molecule is C=C1C=C(O)C=C(C(OC)OC)O1. The fraction of sp³-hybridized carbons (Fsp3) is 0.333. The third-order valence-electron chi connectivity index (χ3n) is 1.51. The lowest BCUT2D eigenvalue weighted by Crippen LogP contribution is -2.19. The molecule has 0 amide bonds. The maximum atomic E-state index is 9.22. The number of hydrogen-bond acceptors (Lipinski definition) is 4. The molecule has 0 aliphatic carbocycles. The highest BCUT2D eigenvalue weighted by molar-refractivity contribution is 5.28. The molecule has 0 saturated heterocycles. The molecule has 0 radical (unpaired) electrons. The summed E-state index contributed by atoms with van der Waals surface area (Å²) in [6, 6.07) is 0. The van der Waals surface area contributed by atoms with E-state index in [1.807, 2.05) is 0 Å². The van der Waals surface area contributed by atoms with Gasteiger partial charge in [0.15, 0.2) is 5.76 Å². The normalized spacial score (nSPS) is 16.7. The second kappa shape index (κ2) is 4.11. The number of rotatable bonds is 3. The Morgan fingerprint density at radius 1 is 1.38 bits per heavy atom. The van der Waals surface area contributed by atoms with Crippen LogP contribution in [0.3, 0.4) is 0 Å². The van der Waals surface area contributed by atoms with Crippen molar-refractivity contribution in [3.05, 3.63) is 36.0 Å². The predicted octanol–water partition coefficient (Wildman–Crippen LogP) is 1.47. The zero-order valence-electron chi connectivity index (χ0n) is 7.61. The third kappa shape index (κ3) is 2.34. The summed E-state index contributed by atoms with van der Waals surface area (Å²) in [5.41, 5.74) is 0. The molecule has 1 aliphatic rings. The number of aliphatic hydroxyl groups is 1. The maximum absolute atomic E-state index is 9.22. The van der Waals surface area contributed by atoms with Crippen LogP contribution in [0, 0.1) is 0 Å². The first kappa shape index (κ1) is 9.83. The monoisotopic (exact) mass is 184 g/mol. The van der Waals surface area contributed by atoms with Crippen LogP contribution in [0.5, 0.6) is 0 Å². The van der Waals surface area contributed by atoms with Gasteiger partial charge >= 0.3 is 0 Å². The molecule has 1 rings (SSSR count). The molecule has 13 heavy (non-hydrogen) atoms. The summed E-state index contributed by atoms with van der Waals surface area (Å²) in [7, 11) is 2.97. The van der Waals surface area contributed by atoms with Crippen LogP contribution in [0.2, 0.25) is 0 Å². The molecule has 0 aromatic rings. The Morgan fingerprint density at radius 3 is 2.46 bits per heavy atom. The van der Waals surface area contributed by atoms with Crippen molar-refractivity contribution in [2.45, 2.75) is 6.29 Å². The van der Waals surface area contributed by atoms with Gasteiger partial charge in [-0.15, -0.1) is 0 Å². The van der Waals surface area contributed by atoms with E-state index in [1.165, 1.54) is 26.4 Å². The Kier molecular flexibility index (Phi) is 3.11. The van der Waals surface area contributed by atoms with E-state index in [-0.39, 0.29) is 5.76 Å². The van der Waals surface area contributed by atoms with Gasteiger partial charge in [0, 0.05) is 26.4 Å². The maximum Gasteiger partial charge on any atom is 0.216 e. The van der Waals surface area contributed by atoms with Crippen LogP contribution in [0.4, 0.5) is 0 Å². The van der Waals surface area contributed by atoms with E-state index >= 15 is 0 Å². The van der Waals surface area contributed by atoms with Gasteiger partial charge in [-0.05, 0) is 0 Å². The van der Waals surface area contributed by atoms with Gasteiger partial charge in [-0.25, -0.2) is 0 Å². The van der Waals surface area contributed by atoms with Crippen molar-refractivity contribution in [1.29, 1.82) is 0 Å². The first-order chi connectivity index (χ1) is 6.17. The van der Waals surface area contributed by atoms with E-state index in [9.17, 15) is 5.11 Å². The molecule has 72 valence electrons. The van der Waals surface area contributed by atoms with Crippen molar-refractivity contribution in [2.75, 3.05) is 14.2 Å². The highest BCUT2D eigenvalue weighted by Gasteiger charge is 2.18. The quantitative estimate of drug-likeness (QED) is 0.675. The Bertz CT molecular complexity index is 261. The predicted molar refractivity (Wildman–Crippen MR) is 46.8 cm³/mol. The van der Waals surface area contributed by atoms with Crippen LogP contribution in [0.25, 0.3) is 0 Å². The zero-order chi connectivity index (χ0) is 9.84. The highest BCUT2D eigenvalue weighted by Crippen LogP contribution is 2.20. The molecular formula is C9H12O4. The van der Waals surface area contributed by atoms with Crippen LogP contribution >= 0.6 is 0 Å². The van der Waals surface area contributed by atoms with Crippen LogP contribution in [0.1, 0.15) is 0 Å². The van der Waals surface area contributed by atoms with Crippen LogP contribution in [-0.4, -0.2) is 25.6 Å². The Morgan fingerprint density at radius 2 is 2.00 bits per heavy atom. The van der Waals surface area contributed by atoms with Crippen LogP contribution in [-0.2, 0) is 14.2 Å². The lowest BCUT2D eigenvalue weighted by Gasteiger charge is -2.20. The second-order valence-corrected chi connectivity index (χ2v) is 2.49. The van der Waals surface area contributed by atoms with Gasteiger partial charge < -0.3 is 19.3 Å². The summed E-state index contributed by atoms with van der Waals surface area (Å²) in [5.74, 6) is 0.814. The molecule has 4 nitrogen and oxygen atoms in total. The summed E-state index contributed by atoms with van der Waals surface area (Å²) in [6.07, 6.45) is 2.21. The van der Waals surface area contributed by atoms with Crippen molar-refractivity contribution in [3.8, 4) is 0 Å². The second-order valence-electron chi connectivity index (χ2n) is 2.49. The smallest absolute Gasteiger partial charge is 0.216 e. The van der Waals surface area contributed by atoms with Crippen molar-refractivity contribution < 1.29 is 19.3 Å². The summed E-state index contributed by atoms with van der Waals surface area (Å²) < 4.78 is 15.1. The van der Waals surface area contributed by atoms with E-state index < -0.39 is 6.29 Å². The van der Waals surface area contributed by atoms with E-state index in [0.29, 0.717) is 11.5 Å². The van der Waals surface area contributed by atoms with Crippen molar-refractivity contribution in [1.82, 2.24) is 0 Å². The Hall–Kier alpha value is -1.26.